The Morgan fingerprint density at radius 3 is 2.53 bits per heavy atom. The molecule has 0 bridgehead atoms. The van der Waals surface area contributed by atoms with Crippen molar-refractivity contribution in [2.45, 2.75) is 25.9 Å². The van der Waals surface area contributed by atoms with Crippen LogP contribution in [0.2, 0.25) is 0 Å². The first-order chi connectivity index (χ1) is 15.2. The molecule has 1 fully saturated rings. The number of rotatable bonds is 4. The number of hydrogen-bond donors (Lipinski definition) is 2. The molecule has 2 amide bonds. The summed E-state index contributed by atoms with van der Waals surface area (Å²) in [6.45, 7) is 2.21. The zero-order chi connectivity index (χ0) is 22.9. The zero-order valence-electron chi connectivity index (χ0n) is 16.9. The highest BCUT2D eigenvalue weighted by molar-refractivity contribution is 5.94. The number of nitrogens with zero attached hydrogens (tertiary/aromatic N) is 6. The number of halogens is 3. The molecule has 1 aromatic carbocycles. The van der Waals surface area contributed by atoms with Gasteiger partial charge in [0, 0.05) is 31.6 Å². The lowest BCUT2D eigenvalue weighted by Crippen LogP contribution is -2.39. The molecule has 0 atom stereocenters. The molecule has 0 saturated carbocycles. The van der Waals surface area contributed by atoms with E-state index in [0.717, 1.165) is 12.1 Å². The van der Waals surface area contributed by atoms with Gasteiger partial charge in [-0.3, -0.25) is 9.59 Å². The predicted molar refractivity (Wildman–Crippen MR) is 108 cm³/mol. The Morgan fingerprint density at radius 1 is 1.09 bits per heavy atom. The second-order valence-corrected chi connectivity index (χ2v) is 7.41. The lowest BCUT2D eigenvalue weighted by Gasteiger charge is -2.32. The van der Waals surface area contributed by atoms with Crippen molar-refractivity contribution in [3.8, 4) is 0 Å². The van der Waals surface area contributed by atoms with Gasteiger partial charge in [0.05, 0.1) is 11.3 Å². The van der Waals surface area contributed by atoms with Crippen LogP contribution in [0.4, 0.5) is 30.4 Å². The topological polar surface area (TPSA) is 117 Å². The quantitative estimate of drug-likeness (QED) is 0.629. The summed E-state index contributed by atoms with van der Waals surface area (Å²) in [5.41, 5.74) is -0.852. The predicted octanol–water partition coefficient (Wildman–Crippen LogP) is 2.35. The third-order valence-corrected chi connectivity index (χ3v) is 5.15. The Bertz CT molecular complexity index is 1150. The van der Waals surface area contributed by atoms with Gasteiger partial charge in [-0.25, -0.2) is 0 Å². The van der Waals surface area contributed by atoms with Crippen molar-refractivity contribution in [1.82, 2.24) is 25.3 Å². The fourth-order valence-corrected chi connectivity index (χ4v) is 3.58. The number of fused-ring (bicyclic) bond motifs is 1. The van der Waals surface area contributed by atoms with Crippen LogP contribution in [0.3, 0.4) is 0 Å². The van der Waals surface area contributed by atoms with E-state index in [1.165, 1.54) is 17.6 Å². The summed E-state index contributed by atoms with van der Waals surface area (Å²) in [5, 5.41) is 20.1. The number of piperidine rings is 1. The van der Waals surface area contributed by atoms with Crippen LogP contribution in [0.15, 0.2) is 30.3 Å². The molecule has 2 N–H and O–H groups in total. The Labute approximate surface area is 179 Å². The molecule has 4 rings (SSSR count). The number of anilines is 3. The average Bonchev–Trinajstić information content (AvgIpc) is 3.21. The summed E-state index contributed by atoms with van der Waals surface area (Å²) < 4.78 is 41.8. The van der Waals surface area contributed by atoms with Crippen LogP contribution in [0.25, 0.3) is 5.65 Å². The van der Waals surface area contributed by atoms with E-state index in [1.807, 2.05) is 4.90 Å². The number of tetrazole rings is 1. The van der Waals surface area contributed by atoms with E-state index < -0.39 is 29.5 Å². The minimum absolute atomic E-state index is 0.00295. The molecule has 32 heavy (non-hydrogen) atoms. The van der Waals surface area contributed by atoms with Gasteiger partial charge in [-0.05, 0) is 53.6 Å². The molecule has 1 aliphatic rings. The standard InChI is InChI=1S/C19H19F3N8O2/c1-11(31)23-13-2-3-15(14(10-13)19(20,21)22)24-18(32)12-6-8-29(9-7-12)17-5-4-16-25-27-28-30(16)26-17/h2-5,10,12H,6-9H2,1H3,(H,23,31)(H,24,32). The maximum atomic E-state index is 13.5. The largest absolute Gasteiger partial charge is 0.418 e. The molecule has 3 heterocycles. The van der Waals surface area contributed by atoms with E-state index >= 15 is 0 Å². The summed E-state index contributed by atoms with van der Waals surface area (Å²) in [4.78, 5) is 25.8. The molecular formula is C19H19F3N8O2. The van der Waals surface area contributed by atoms with Gasteiger partial charge in [-0.2, -0.15) is 13.2 Å². The molecule has 1 aliphatic heterocycles. The van der Waals surface area contributed by atoms with E-state index in [1.54, 1.807) is 12.1 Å². The van der Waals surface area contributed by atoms with E-state index in [2.05, 4.69) is 31.3 Å². The lowest BCUT2D eigenvalue weighted by atomic mass is 9.95. The van der Waals surface area contributed by atoms with Gasteiger partial charge in [0.15, 0.2) is 11.5 Å². The number of alkyl halides is 3. The van der Waals surface area contributed by atoms with Crippen LogP contribution in [-0.4, -0.2) is 50.2 Å². The first-order valence-corrected chi connectivity index (χ1v) is 9.81. The van der Waals surface area contributed by atoms with Crippen molar-refractivity contribution >= 4 is 34.7 Å². The summed E-state index contributed by atoms with van der Waals surface area (Å²) in [6.07, 6.45) is -3.79. The number of hydrogen-bond acceptors (Lipinski definition) is 7. The smallest absolute Gasteiger partial charge is 0.355 e. The van der Waals surface area contributed by atoms with Gasteiger partial charge in [-0.15, -0.1) is 14.8 Å². The number of amides is 2. The Hall–Kier alpha value is -3.77. The Morgan fingerprint density at radius 2 is 1.84 bits per heavy atom. The summed E-state index contributed by atoms with van der Waals surface area (Å²) in [5.74, 6) is -0.766. The third-order valence-electron chi connectivity index (χ3n) is 5.15. The highest BCUT2D eigenvalue weighted by Crippen LogP contribution is 2.37. The van der Waals surface area contributed by atoms with Crippen molar-refractivity contribution < 1.29 is 22.8 Å². The van der Waals surface area contributed by atoms with E-state index in [-0.39, 0.29) is 11.4 Å². The molecule has 0 radical (unpaired) electrons. The fraction of sp³-hybridized carbons (Fsp3) is 0.368. The van der Waals surface area contributed by atoms with Crippen LogP contribution in [0, 0.1) is 5.92 Å². The molecule has 2 aromatic heterocycles. The van der Waals surface area contributed by atoms with Gasteiger partial charge in [-0.1, -0.05) is 0 Å². The molecule has 3 aromatic rings. The lowest BCUT2D eigenvalue weighted by molar-refractivity contribution is -0.137. The monoisotopic (exact) mass is 448 g/mol. The van der Waals surface area contributed by atoms with Gasteiger partial charge >= 0.3 is 6.18 Å². The van der Waals surface area contributed by atoms with Crippen molar-refractivity contribution in [2.24, 2.45) is 5.92 Å². The maximum Gasteiger partial charge on any atom is 0.418 e. The highest BCUT2D eigenvalue weighted by atomic mass is 19.4. The van der Waals surface area contributed by atoms with E-state index in [0.29, 0.717) is 37.4 Å². The van der Waals surface area contributed by atoms with Crippen LogP contribution in [0.5, 0.6) is 0 Å². The van der Waals surface area contributed by atoms with Gasteiger partial charge in [0.25, 0.3) is 0 Å². The zero-order valence-corrected chi connectivity index (χ0v) is 16.9. The molecule has 168 valence electrons. The Balaban J connectivity index is 1.43. The second-order valence-electron chi connectivity index (χ2n) is 7.41. The minimum Gasteiger partial charge on any atom is -0.355 e. The number of nitrogens with one attached hydrogen (secondary N) is 2. The number of aromatic nitrogens is 5. The van der Waals surface area contributed by atoms with Gasteiger partial charge in [0.1, 0.15) is 0 Å². The second kappa shape index (κ2) is 8.40. The molecule has 0 spiro atoms. The number of carbonyl (C=O) groups excluding carboxylic acids is 2. The summed E-state index contributed by atoms with van der Waals surface area (Å²) in [6, 6.07) is 6.77. The third kappa shape index (κ3) is 4.60. The van der Waals surface area contributed by atoms with Crippen molar-refractivity contribution in [3.63, 3.8) is 0 Å². The fourth-order valence-electron chi connectivity index (χ4n) is 3.58. The van der Waals surface area contributed by atoms with Crippen molar-refractivity contribution in [1.29, 1.82) is 0 Å². The van der Waals surface area contributed by atoms with Crippen LogP contribution in [-0.2, 0) is 15.8 Å². The highest BCUT2D eigenvalue weighted by Gasteiger charge is 2.35. The molecule has 1 saturated heterocycles. The number of benzene rings is 1. The van der Waals surface area contributed by atoms with Gasteiger partial charge < -0.3 is 15.5 Å². The van der Waals surface area contributed by atoms with Crippen LogP contribution in [0.1, 0.15) is 25.3 Å². The first kappa shape index (κ1) is 21.5. The van der Waals surface area contributed by atoms with Gasteiger partial charge in [0.2, 0.25) is 11.8 Å². The van der Waals surface area contributed by atoms with Crippen molar-refractivity contribution in [2.75, 3.05) is 28.6 Å². The summed E-state index contributed by atoms with van der Waals surface area (Å²) >= 11 is 0. The minimum atomic E-state index is -4.69. The van der Waals surface area contributed by atoms with Crippen LogP contribution < -0.4 is 15.5 Å². The van der Waals surface area contributed by atoms with E-state index in [4.69, 9.17) is 0 Å². The van der Waals surface area contributed by atoms with E-state index in [9.17, 15) is 22.8 Å². The molecule has 10 nitrogen and oxygen atoms in total. The van der Waals surface area contributed by atoms with Crippen molar-refractivity contribution in [3.05, 3.63) is 35.9 Å². The number of carbonyl (C=O) groups is 2. The SMILES string of the molecule is CC(=O)Nc1ccc(NC(=O)C2CCN(c3ccc4nnnn4n3)CC2)c(C(F)(F)F)c1. The normalized spacial score (nSPS) is 15.1. The first-order valence-electron chi connectivity index (χ1n) is 9.81. The molecule has 0 unspecified atom stereocenters. The molecule has 0 aliphatic carbocycles. The molecular weight excluding hydrogens is 429 g/mol. The van der Waals surface area contributed by atoms with Crippen LogP contribution >= 0.6 is 0 Å². The Kier molecular flexibility index (Phi) is 5.63. The maximum absolute atomic E-state index is 13.5. The average molecular weight is 448 g/mol. The summed E-state index contributed by atoms with van der Waals surface area (Å²) in [7, 11) is 0. The molecule has 13 heteroatoms.